The van der Waals surface area contributed by atoms with Gasteiger partial charge in [0.15, 0.2) is 0 Å². The van der Waals surface area contributed by atoms with Gasteiger partial charge in [-0.05, 0) is 35.7 Å². The van der Waals surface area contributed by atoms with Gasteiger partial charge in [-0.25, -0.2) is 4.39 Å². The number of halogens is 2. The molecule has 1 atom stereocenters. The van der Waals surface area contributed by atoms with E-state index in [4.69, 9.17) is 11.6 Å². The number of rotatable bonds is 3. The number of carbonyl (C=O) groups excluding carboxylic acids is 2. The van der Waals surface area contributed by atoms with Gasteiger partial charge in [-0.15, -0.1) is 0 Å². The summed E-state index contributed by atoms with van der Waals surface area (Å²) in [6.07, 6.45) is 0.891. The normalized spacial score (nSPS) is 16.3. The van der Waals surface area contributed by atoms with E-state index in [2.05, 4.69) is 5.32 Å². The number of fused-ring (bicyclic) bond motifs is 1. The van der Waals surface area contributed by atoms with Crippen LogP contribution in [0.25, 0.3) is 0 Å². The number of anilines is 1. The maximum Gasteiger partial charge on any atom is 0.226 e. The summed E-state index contributed by atoms with van der Waals surface area (Å²) in [4.78, 5) is 26.2. The van der Waals surface area contributed by atoms with Crippen LogP contribution in [-0.4, -0.2) is 23.3 Å². The van der Waals surface area contributed by atoms with Crippen LogP contribution in [0.1, 0.15) is 30.5 Å². The molecule has 1 N–H and O–H groups in total. The number of carbonyl (C=O) groups is 2. The molecule has 0 spiro atoms. The van der Waals surface area contributed by atoms with Crippen molar-refractivity contribution in [3.05, 3.63) is 64.4 Å². The van der Waals surface area contributed by atoms with Crippen LogP contribution in [0.5, 0.6) is 0 Å². The summed E-state index contributed by atoms with van der Waals surface area (Å²) in [5.74, 6) is -0.805. The molecular weight excluding hydrogens is 343 g/mol. The Morgan fingerprint density at radius 2 is 2.04 bits per heavy atom. The van der Waals surface area contributed by atoms with E-state index < -0.39 is 5.82 Å². The van der Waals surface area contributed by atoms with Crippen molar-refractivity contribution in [2.24, 2.45) is 0 Å². The summed E-state index contributed by atoms with van der Waals surface area (Å²) in [7, 11) is 0. The van der Waals surface area contributed by atoms with Gasteiger partial charge < -0.3 is 10.2 Å². The SMILES string of the molecule is CC(=O)N1CCc2ccccc2C1CC(=O)Nc1ccc(F)cc1Cl. The lowest BCUT2D eigenvalue weighted by Gasteiger charge is -2.36. The molecule has 25 heavy (non-hydrogen) atoms. The molecular formula is C19H18ClFN2O2. The van der Waals surface area contributed by atoms with Gasteiger partial charge in [0, 0.05) is 13.5 Å². The Kier molecular flexibility index (Phi) is 5.04. The van der Waals surface area contributed by atoms with Crippen molar-refractivity contribution in [3.8, 4) is 0 Å². The second-order valence-electron chi connectivity index (χ2n) is 6.05. The second kappa shape index (κ2) is 7.23. The number of hydrogen-bond acceptors (Lipinski definition) is 2. The predicted molar refractivity (Wildman–Crippen MR) is 94.9 cm³/mol. The van der Waals surface area contributed by atoms with E-state index in [1.165, 1.54) is 19.1 Å². The van der Waals surface area contributed by atoms with Crippen molar-refractivity contribution in [2.75, 3.05) is 11.9 Å². The van der Waals surface area contributed by atoms with Crippen LogP contribution < -0.4 is 5.32 Å². The molecule has 0 saturated heterocycles. The highest BCUT2D eigenvalue weighted by molar-refractivity contribution is 6.33. The van der Waals surface area contributed by atoms with Crippen molar-refractivity contribution in [1.29, 1.82) is 0 Å². The van der Waals surface area contributed by atoms with Gasteiger partial charge >= 0.3 is 0 Å². The third-order valence-electron chi connectivity index (χ3n) is 4.40. The summed E-state index contributed by atoms with van der Waals surface area (Å²) in [6, 6.07) is 11.3. The van der Waals surface area contributed by atoms with E-state index in [1.54, 1.807) is 4.90 Å². The van der Waals surface area contributed by atoms with Gasteiger partial charge in [0.25, 0.3) is 0 Å². The fraction of sp³-hybridized carbons (Fsp3) is 0.263. The number of nitrogens with zero attached hydrogens (tertiary/aromatic N) is 1. The zero-order valence-electron chi connectivity index (χ0n) is 13.8. The molecule has 0 fully saturated rings. The first kappa shape index (κ1) is 17.4. The minimum absolute atomic E-state index is 0.0629. The van der Waals surface area contributed by atoms with Crippen LogP contribution >= 0.6 is 11.6 Å². The van der Waals surface area contributed by atoms with Gasteiger partial charge in [0.1, 0.15) is 5.82 Å². The molecule has 0 saturated carbocycles. The Balaban J connectivity index is 1.81. The second-order valence-corrected chi connectivity index (χ2v) is 6.46. The maximum atomic E-state index is 13.1. The smallest absolute Gasteiger partial charge is 0.226 e. The van der Waals surface area contributed by atoms with Crippen molar-refractivity contribution >= 4 is 29.1 Å². The van der Waals surface area contributed by atoms with Crippen molar-refractivity contribution in [3.63, 3.8) is 0 Å². The number of hydrogen-bond donors (Lipinski definition) is 1. The molecule has 0 bridgehead atoms. The Hall–Kier alpha value is -2.40. The molecule has 1 aliphatic heterocycles. The minimum Gasteiger partial charge on any atom is -0.335 e. The highest BCUT2D eigenvalue weighted by Gasteiger charge is 2.30. The van der Waals surface area contributed by atoms with Crippen molar-refractivity contribution < 1.29 is 14.0 Å². The van der Waals surface area contributed by atoms with Crippen LogP contribution in [0.2, 0.25) is 5.02 Å². The van der Waals surface area contributed by atoms with Gasteiger partial charge in [0.05, 0.1) is 23.2 Å². The fourth-order valence-corrected chi connectivity index (χ4v) is 3.43. The molecule has 1 unspecified atom stereocenters. The van der Waals surface area contributed by atoms with Crippen LogP contribution in [-0.2, 0) is 16.0 Å². The van der Waals surface area contributed by atoms with E-state index in [0.717, 1.165) is 23.6 Å². The summed E-state index contributed by atoms with van der Waals surface area (Å²) in [5.41, 5.74) is 2.49. The summed E-state index contributed by atoms with van der Waals surface area (Å²) in [5, 5.41) is 2.84. The fourth-order valence-electron chi connectivity index (χ4n) is 3.22. The standard InChI is InChI=1S/C19H18ClFN2O2/c1-12(24)23-9-8-13-4-2-3-5-15(13)18(23)11-19(25)22-17-7-6-14(21)10-16(17)20/h2-7,10,18H,8-9,11H2,1H3,(H,22,25). The molecule has 0 aromatic heterocycles. The number of benzene rings is 2. The molecule has 0 radical (unpaired) electrons. The van der Waals surface area contributed by atoms with E-state index in [1.807, 2.05) is 24.3 Å². The highest BCUT2D eigenvalue weighted by atomic mass is 35.5. The molecule has 2 amide bonds. The first-order valence-electron chi connectivity index (χ1n) is 8.05. The molecule has 2 aromatic rings. The van der Waals surface area contributed by atoms with Gasteiger partial charge in [-0.3, -0.25) is 9.59 Å². The third-order valence-corrected chi connectivity index (χ3v) is 4.71. The Morgan fingerprint density at radius 3 is 2.76 bits per heavy atom. The Morgan fingerprint density at radius 1 is 1.28 bits per heavy atom. The third kappa shape index (κ3) is 3.82. The van der Waals surface area contributed by atoms with Crippen LogP contribution in [0.3, 0.4) is 0 Å². The van der Waals surface area contributed by atoms with E-state index >= 15 is 0 Å². The summed E-state index contributed by atoms with van der Waals surface area (Å²) in [6.45, 7) is 2.09. The molecule has 0 aliphatic carbocycles. The molecule has 6 heteroatoms. The first-order valence-corrected chi connectivity index (χ1v) is 8.43. The largest absolute Gasteiger partial charge is 0.335 e. The lowest BCUT2D eigenvalue weighted by atomic mass is 9.90. The van der Waals surface area contributed by atoms with Gasteiger partial charge in [-0.2, -0.15) is 0 Å². The van der Waals surface area contributed by atoms with Crippen molar-refractivity contribution in [2.45, 2.75) is 25.8 Å². The lowest BCUT2D eigenvalue weighted by Crippen LogP contribution is -2.40. The summed E-state index contributed by atoms with van der Waals surface area (Å²) < 4.78 is 13.1. The minimum atomic E-state index is -0.466. The van der Waals surface area contributed by atoms with Crippen molar-refractivity contribution in [1.82, 2.24) is 4.90 Å². The van der Waals surface area contributed by atoms with E-state index in [-0.39, 0.29) is 29.3 Å². The maximum absolute atomic E-state index is 13.1. The average Bonchev–Trinajstić information content (AvgIpc) is 2.57. The monoisotopic (exact) mass is 360 g/mol. The molecule has 3 rings (SSSR count). The van der Waals surface area contributed by atoms with E-state index in [0.29, 0.717) is 12.2 Å². The van der Waals surface area contributed by atoms with E-state index in [9.17, 15) is 14.0 Å². The van der Waals surface area contributed by atoms with Gasteiger partial charge in [-0.1, -0.05) is 35.9 Å². The Bertz CT molecular complexity index is 825. The van der Waals surface area contributed by atoms with Crippen LogP contribution in [0.15, 0.2) is 42.5 Å². The topological polar surface area (TPSA) is 49.4 Å². The Labute approximate surface area is 150 Å². The number of nitrogens with one attached hydrogen (secondary N) is 1. The zero-order chi connectivity index (χ0) is 18.0. The molecule has 1 heterocycles. The zero-order valence-corrected chi connectivity index (χ0v) is 14.5. The van der Waals surface area contributed by atoms with Gasteiger partial charge in [0.2, 0.25) is 11.8 Å². The molecule has 4 nitrogen and oxygen atoms in total. The highest BCUT2D eigenvalue weighted by Crippen LogP contribution is 2.33. The number of amides is 2. The first-order chi connectivity index (χ1) is 12.0. The lowest BCUT2D eigenvalue weighted by molar-refractivity contribution is -0.132. The molecule has 1 aliphatic rings. The van der Waals surface area contributed by atoms with Crippen LogP contribution in [0.4, 0.5) is 10.1 Å². The molecule has 2 aromatic carbocycles. The average molecular weight is 361 g/mol. The summed E-state index contributed by atoms with van der Waals surface area (Å²) >= 11 is 5.96. The predicted octanol–water partition coefficient (Wildman–Crippen LogP) is 3.95. The molecule has 130 valence electrons. The van der Waals surface area contributed by atoms with Crippen LogP contribution in [0, 0.1) is 5.82 Å². The quantitative estimate of drug-likeness (QED) is 0.900.